The number of hydrogen-bond donors (Lipinski definition) is 1. The van der Waals surface area contributed by atoms with Crippen LogP contribution in [0.2, 0.25) is 0 Å². The van der Waals surface area contributed by atoms with Gasteiger partial charge in [0.2, 0.25) is 5.91 Å². The van der Waals surface area contributed by atoms with Crippen LogP contribution in [-0.2, 0) is 24.3 Å². The lowest BCUT2D eigenvalue weighted by Gasteiger charge is -2.29. The second-order valence-electron chi connectivity index (χ2n) is 8.87. The molecule has 2 fully saturated rings. The number of amides is 1. The first-order valence-electron chi connectivity index (χ1n) is 10.7. The van der Waals surface area contributed by atoms with Crippen LogP contribution in [0.1, 0.15) is 59.8 Å². The van der Waals surface area contributed by atoms with Crippen molar-refractivity contribution in [2.75, 3.05) is 13.1 Å². The fourth-order valence-corrected chi connectivity index (χ4v) is 5.70. The first kappa shape index (κ1) is 19.0. The summed E-state index contributed by atoms with van der Waals surface area (Å²) < 4.78 is 0. The maximum absolute atomic E-state index is 12.9. The minimum absolute atomic E-state index is 0.0308. The van der Waals surface area contributed by atoms with E-state index in [-0.39, 0.29) is 23.4 Å². The molecule has 1 N–H and O–H groups in total. The number of carbonyl (C=O) groups is 1. The molecule has 4 heterocycles. The van der Waals surface area contributed by atoms with Gasteiger partial charge in [-0.25, -0.2) is 4.98 Å². The number of aromatic amines is 1. The normalized spacial score (nSPS) is 26.6. The van der Waals surface area contributed by atoms with Crippen molar-refractivity contribution in [1.29, 1.82) is 0 Å². The van der Waals surface area contributed by atoms with Gasteiger partial charge in [-0.1, -0.05) is 6.92 Å². The van der Waals surface area contributed by atoms with Crippen molar-refractivity contribution >= 4 is 17.2 Å². The van der Waals surface area contributed by atoms with Gasteiger partial charge in [-0.05, 0) is 49.1 Å². The number of hydrogen-bond acceptors (Lipinski definition) is 5. The molecule has 0 spiro atoms. The zero-order chi connectivity index (χ0) is 20.1. The topological polar surface area (TPSA) is 69.3 Å². The third-order valence-electron chi connectivity index (χ3n) is 6.78. The standard InChI is InChI=1S/C22H28N4O2S/c1-13-6-9-29-19(13)12-25-8-5-17-16(11-25)21(27)24-20(23-17)18-4-3-7-26(18)22(28)15-10-14(15)2/h6,9,14-15,18H,3-5,7-8,10-12H2,1-2H3,(H,23,24,27)/t14-,15-,18-/m0/s1. The first-order valence-corrected chi connectivity index (χ1v) is 11.6. The highest BCUT2D eigenvalue weighted by Crippen LogP contribution is 2.42. The predicted molar refractivity (Wildman–Crippen MR) is 113 cm³/mol. The Bertz CT molecular complexity index is 997. The minimum Gasteiger partial charge on any atom is -0.332 e. The van der Waals surface area contributed by atoms with E-state index < -0.39 is 0 Å². The summed E-state index contributed by atoms with van der Waals surface area (Å²) in [5, 5.41) is 2.13. The van der Waals surface area contributed by atoms with Crippen molar-refractivity contribution in [1.82, 2.24) is 19.8 Å². The second-order valence-corrected chi connectivity index (χ2v) is 9.87. The van der Waals surface area contributed by atoms with E-state index in [2.05, 4.69) is 35.2 Å². The average Bonchev–Trinajstić information content (AvgIpc) is 3.07. The molecule has 2 aromatic rings. The smallest absolute Gasteiger partial charge is 0.255 e. The van der Waals surface area contributed by atoms with Crippen LogP contribution in [0.3, 0.4) is 0 Å². The molecular formula is C22H28N4O2S. The SMILES string of the molecule is Cc1ccsc1CN1CCc2nc([C@@H]3CCCN3C(=O)[C@H]3C[C@@H]3C)[nH]c(=O)c2C1. The monoisotopic (exact) mass is 412 g/mol. The van der Waals surface area contributed by atoms with E-state index in [0.29, 0.717) is 18.3 Å². The van der Waals surface area contributed by atoms with E-state index in [1.807, 2.05) is 4.90 Å². The van der Waals surface area contributed by atoms with Gasteiger partial charge < -0.3 is 9.88 Å². The molecule has 154 valence electrons. The largest absolute Gasteiger partial charge is 0.332 e. The van der Waals surface area contributed by atoms with Crippen molar-refractivity contribution in [2.24, 2.45) is 11.8 Å². The van der Waals surface area contributed by atoms with Gasteiger partial charge in [0.25, 0.3) is 5.56 Å². The summed E-state index contributed by atoms with van der Waals surface area (Å²) in [6, 6.07) is 2.08. The van der Waals surface area contributed by atoms with Crippen molar-refractivity contribution < 1.29 is 4.79 Å². The molecule has 7 heteroatoms. The summed E-state index contributed by atoms with van der Waals surface area (Å²) in [5.74, 6) is 1.61. The van der Waals surface area contributed by atoms with E-state index in [9.17, 15) is 9.59 Å². The van der Waals surface area contributed by atoms with Gasteiger partial charge in [0.15, 0.2) is 0 Å². The Hall–Kier alpha value is -1.99. The maximum atomic E-state index is 12.9. The van der Waals surface area contributed by atoms with Gasteiger partial charge in [0, 0.05) is 43.4 Å². The van der Waals surface area contributed by atoms with Crippen molar-refractivity contribution in [2.45, 2.75) is 58.7 Å². The number of nitrogens with zero attached hydrogens (tertiary/aromatic N) is 3. The number of thiophene rings is 1. The van der Waals surface area contributed by atoms with Crippen LogP contribution in [0.15, 0.2) is 16.2 Å². The van der Waals surface area contributed by atoms with E-state index in [1.54, 1.807) is 11.3 Å². The van der Waals surface area contributed by atoms with Crippen molar-refractivity contribution in [3.63, 3.8) is 0 Å². The number of aromatic nitrogens is 2. The Morgan fingerprint density at radius 2 is 2.21 bits per heavy atom. The summed E-state index contributed by atoms with van der Waals surface area (Å²) in [7, 11) is 0. The van der Waals surface area contributed by atoms with Gasteiger partial charge in [-0.15, -0.1) is 11.3 Å². The predicted octanol–water partition coefficient (Wildman–Crippen LogP) is 3.02. The van der Waals surface area contributed by atoms with Gasteiger partial charge in [0.1, 0.15) is 5.82 Å². The van der Waals surface area contributed by atoms with E-state index in [1.165, 1.54) is 10.4 Å². The molecule has 0 radical (unpaired) electrons. The Morgan fingerprint density at radius 3 is 2.93 bits per heavy atom. The lowest BCUT2D eigenvalue weighted by atomic mass is 10.1. The lowest BCUT2D eigenvalue weighted by Crippen LogP contribution is -2.38. The molecule has 3 atom stereocenters. The number of carbonyl (C=O) groups excluding carboxylic acids is 1. The molecule has 1 saturated heterocycles. The zero-order valence-electron chi connectivity index (χ0n) is 17.1. The van der Waals surface area contributed by atoms with Gasteiger partial charge in [0.05, 0.1) is 17.3 Å². The lowest BCUT2D eigenvalue weighted by molar-refractivity contribution is -0.134. The van der Waals surface area contributed by atoms with Crippen LogP contribution in [0.4, 0.5) is 0 Å². The molecule has 1 amide bonds. The van der Waals surface area contributed by atoms with Gasteiger partial charge >= 0.3 is 0 Å². The molecule has 0 aromatic carbocycles. The molecule has 1 aliphatic carbocycles. The molecule has 0 bridgehead atoms. The van der Waals surface area contributed by atoms with Crippen LogP contribution in [-0.4, -0.2) is 38.8 Å². The first-order chi connectivity index (χ1) is 14.0. The van der Waals surface area contributed by atoms with Crippen LogP contribution >= 0.6 is 11.3 Å². The summed E-state index contributed by atoms with van der Waals surface area (Å²) in [4.78, 5) is 39.3. The van der Waals surface area contributed by atoms with Gasteiger partial charge in [-0.3, -0.25) is 14.5 Å². The Kier molecular flexibility index (Phi) is 4.82. The maximum Gasteiger partial charge on any atom is 0.255 e. The highest BCUT2D eigenvalue weighted by Gasteiger charge is 2.45. The summed E-state index contributed by atoms with van der Waals surface area (Å²) in [6.07, 6.45) is 3.65. The minimum atomic E-state index is -0.0694. The van der Waals surface area contributed by atoms with Crippen molar-refractivity contribution in [3.05, 3.63) is 49.3 Å². The highest BCUT2D eigenvalue weighted by atomic mass is 32.1. The van der Waals surface area contributed by atoms with Crippen LogP contribution in [0.25, 0.3) is 0 Å². The quantitative estimate of drug-likeness (QED) is 0.838. The second kappa shape index (κ2) is 7.36. The van der Waals surface area contributed by atoms with Crippen LogP contribution in [0.5, 0.6) is 0 Å². The summed E-state index contributed by atoms with van der Waals surface area (Å²) in [6.45, 7) is 7.49. The molecule has 29 heavy (non-hydrogen) atoms. The van der Waals surface area contributed by atoms with E-state index in [4.69, 9.17) is 4.98 Å². The number of rotatable bonds is 4. The molecule has 1 saturated carbocycles. The number of aryl methyl sites for hydroxylation is 1. The van der Waals surface area contributed by atoms with Crippen molar-refractivity contribution in [3.8, 4) is 0 Å². The number of likely N-dealkylation sites (tertiary alicyclic amines) is 1. The Balaban J connectivity index is 1.35. The molecule has 5 rings (SSSR count). The highest BCUT2D eigenvalue weighted by molar-refractivity contribution is 7.10. The number of nitrogens with one attached hydrogen (secondary N) is 1. The third-order valence-corrected chi connectivity index (χ3v) is 7.79. The molecular weight excluding hydrogens is 384 g/mol. The van der Waals surface area contributed by atoms with Gasteiger partial charge in [-0.2, -0.15) is 0 Å². The summed E-state index contributed by atoms with van der Waals surface area (Å²) >= 11 is 1.78. The molecule has 0 unspecified atom stereocenters. The number of fused-ring (bicyclic) bond motifs is 1. The molecule has 3 aliphatic rings. The number of H-pyrrole nitrogens is 1. The van der Waals surface area contributed by atoms with E-state index in [0.717, 1.165) is 56.6 Å². The average molecular weight is 413 g/mol. The van der Waals surface area contributed by atoms with Crippen LogP contribution < -0.4 is 5.56 Å². The Morgan fingerprint density at radius 1 is 1.38 bits per heavy atom. The zero-order valence-corrected chi connectivity index (χ0v) is 17.9. The fraction of sp³-hybridized carbons (Fsp3) is 0.591. The molecule has 6 nitrogen and oxygen atoms in total. The fourth-order valence-electron chi connectivity index (χ4n) is 4.76. The third kappa shape index (κ3) is 3.55. The summed E-state index contributed by atoms with van der Waals surface area (Å²) in [5.41, 5.74) is 3.00. The molecule has 2 aromatic heterocycles. The van der Waals surface area contributed by atoms with E-state index >= 15 is 0 Å². The van der Waals surface area contributed by atoms with Crippen LogP contribution in [0, 0.1) is 18.8 Å². The molecule has 2 aliphatic heterocycles. The Labute approximate surface area is 175 Å².